The van der Waals surface area contributed by atoms with Gasteiger partial charge in [0.15, 0.2) is 6.29 Å². The van der Waals surface area contributed by atoms with E-state index in [0.29, 0.717) is 17.6 Å². The molecule has 2 rings (SSSR count). The second-order valence-electron chi connectivity index (χ2n) is 3.65. The van der Waals surface area contributed by atoms with Gasteiger partial charge in [0, 0.05) is 25.0 Å². The lowest BCUT2D eigenvalue weighted by Crippen LogP contribution is -2.38. The standard InChI is InChI=1S/C10H14N4O/c15-7-8-4-12-10(13-5-8)14-9-2-1-3-11-6-9/h4-5,7,9,11H,1-3,6H2,(H,12,13,14). The SMILES string of the molecule is O=Cc1cnc(NC2CCCNC2)nc1. The molecule has 1 aromatic heterocycles. The number of carbonyl (C=O) groups is 1. The van der Waals surface area contributed by atoms with Crippen molar-refractivity contribution in [1.29, 1.82) is 0 Å². The minimum atomic E-state index is 0.390. The molecule has 15 heavy (non-hydrogen) atoms. The highest BCUT2D eigenvalue weighted by Gasteiger charge is 2.13. The third kappa shape index (κ3) is 2.73. The van der Waals surface area contributed by atoms with Crippen LogP contribution in [0.1, 0.15) is 23.2 Å². The van der Waals surface area contributed by atoms with Crippen LogP contribution in [0.25, 0.3) is 0 Å². The molecule has 2 heterocycles. The first-order valence-electron chi connectivity index (χ1n) is 5.13. The topological polar surface area (TPSA) is 66.9 Å². The summed E-state index contributed by atoms with van der Waals surface area (Å²) >= 11 is 0. The maximum atomic E-state index is 10.4. The predicted octanol–water partition coefficient (Wildman–Crippen LogP) is 0.453. The molecular weight excluding hydrogens is 192 g/mol. The lowest BCUT2D eigenvalue weighted by Gasteiger charge is -2.23. The van der Waals surface area contributed by atoms with Crippen LogP contribution in [0.3, 0.4) is 0 Å². The first kappa shape index (κ1) is 10.0. The molecule has 2 N–H and O–H groups in total. The normalized spacial score (nSPS) is 20.9. The van der Waals surface area contributed by atoms with Crippen LogP contribution < -0.4 is 10.6 Å². The minimum Gasteiger partial charge on any atom is -0.350 e. The maximum absolute atomic E-state index is 10.4. The molecule has 1 aliphatic rings. The van der Waals surface area contributed by atoms with Crippen molar-refractivity contribution in [3.8, 4) is 0 Å². The fourth-order valence-corrected chi connectivity index (χ4v) is 1.63. The van der Waals surface area contributed by atoms with Gasteiger partial charge in [0.25, 0.3) is 0 Å². The fraction of sp³-hybridized carbons (Fsp3) is 0.500. The highest BCUT2D eigenvalue weighted by atomic mass is 16.1. The van der Waals surface area contributed by atoms with Crippen molar-refractivity contribution in [3.05, 3.63) is 18.0 Å². The van der Waals surface area contributed by atoms with E-state index in [4.69, 9.17) is 0 Å². The lowest BCUT2D eigenvalue weighted by atomic mass is 10.1. The summed E-state index contributed by atoms with van der Waals surface area (Å²) in [5, 5.41) is 6.53. The summed E-state index contributed by atoms with van der Waals surface area (Å²) < 4.78 is 0. The number of aromatic nitrogens is 2. The van der Waals surface area contributed by atoms with Crippen molar-refractivity contribution in [2.24, 2.45) is 0 Å². The molecule has 1 saturated heterocycles. The zero-order chi connectivity index (χ0) is 10.5. The van der Waals surface area contributed by atoms with Crippen LogP contribution in [0.15, 0.2) is 12.4 Å². The number of carbonyl (C=O) groups excluding carboxylic acids is 1. The summed E-state index contributed by atoms with van der Waals surface area (Å²) in [6.45, 7) is 2.03. The molecular formula is C10H14N4O. The molecule has 1 aromatic rings. The van der Waals surface area contributed by atoms with Crippen LogP contribution in [-0.2, 0) is 0 Å². The minimum absolute atomic E-state index is 0.390. The largest absolute Gasteiger partial charge is 0.350 e. The summed E-state index contributed by atoms with van der Waals surface area (Å²) in [5.74, 6) is 0.592. The molecule has 1 aliphatic heterocycles. The number of hydrogen-bond acceptors (Lipinski definition) is 5. The number of anilines is 1. The van der Waals surface area contributed by atoms with E-state index in [9.17, 15) is 4.79 Å². The van der Waals surface area contributed by atoms with Crippen LogP contribution in [0.2, 0.25) is 0 Å². The number of nitrogens with zero attached hydrogens (tertiary/aromatic N) is 2. The van der Waals surface area contributed by atoms with E-state index in [1.54, 1.807) is 0 Å². The van der Waals surface area contributed by atoms with Gasteiger partial charge in [-0.25, -0.2) is 9.97 Å². The van der Waals surface area contributed by atoms with E-state index in [2.05, 4.69) is 20.6 Å². The smallest absolute Gasteiger partial charge is 0.222 e. The molecule has 1 fully saturated rings. The van der Waals surface area contributed by atoms with Crippen LogP contribution in [0, 0.1) is 0 Å². The molecule has 0 aliphatic carbocycles. The van der Waals surface area contributed by atoms with E-state index in [1.165, 1.54) is 18.8 Å². The summed E-state index contributed by atoms with van der Waals surface area (Å²) in [7, 11) is 0. The van der Waals surface area contributed by atoms with Crippen molar-refractivity contribution in [2.45, 2.75) is 18.9 Å². The Labute approximate surface area is 88.3 Å². The summed E-state index contributed by atoms with van der Waals surface area (Å²) in [6, 6.07) is 0.390. The van der Waals surface area contributed by atoms with Crippen molar-refractivity contribution in [2.75, 3.05) is 18.4 Å². The second kappa shape index (κ2) is 4.84. The molecule has 0 saturated carbocycles. The van der Waals surface area contributed by atoms with Gasteiger partial charge in [-0.1, -0.05) is 0 Å². The molecule has 0 bridgehead atoms. The first-order valence-corrected chi connectivity index (χ1v) is 5.13. The number of rotatable bonds is 3. The maximum Gasteiger partial charge on any atom is 0.222 e. The van der Waals surface area contributed by atoms with Gasteiger partial charge in [-0.3, -0.25) is 4.79 Å². The molecule has 5 heteroatoms. The van der Waals surface area contributed by atoms with Crippen LogP contribution in [0.5, 0.6) is 0 Å². The fourth-order valence-electron chi connectivity index (χ4n) is 1.63. The zero-order valence-corrected chi connectivity index (χ0v) is 8.44. The Kier molecular flexibility index (Phi) is 3.24. The Morgan fingerprint density at radius 1 is 1.47 bits per heavy atom. The van der Waals surface area contributed by atoms with E-state index in [1.807, 2.05) is 0 Å². The van der Waals surface area contributed by atoms with Gasteiger partial charge in [0.05, 0.1) is 5.56 Å². The summed E-state index contributed by atoms with van der Waals surface area (Å²) in [4.78, 5) is 18.5. The number of aldehydes is 1. The Morgan fingerprint density at radius 2 is 2.27 bits per heavy atom. The average Bonchev–Trinajstić information content (AvgIpc) is 2.31. The Morgan fingerprint density at radius 3 is 2.87 bits per heavy atom. The lowest BCUT2D eigenvalue weighted by molar-refractivity contribution is 0.112. The molecule has 5 nitrogen and oxygen atoms in total. The highest BCUT2D eigenvalue weighted by Crippen LogP contribution is 2.07. The summed E-state index contributed by atoms with van der Waals surface area (Å²) in [5.41, 5.74) is 0.502. The Hall–Kier alpha value is -1.49. The van der Waals surface area contributed by atoms with Crippen LogP contribution in [0.4, 0.5) is 5.95 Å². The average molecular weight is 206 g/mol. The Bertz CT molecular complexity index is 319. The van der Waals surface area contributed by atoms with Crippen molar-refractivity contribution in [1.82, 2.24) is 15.3 Å². The van der Waals surface area contributed by atoms with E-state index in [-0.39, 0.29) is 0 Å². The molecule has 1 atom stereocenters. The molecule has 0 amide bonds. The van der Waals surface area contributed by atoms with Crippen LogP contribution >= 0.6 is 0 Å². The molecule has 0 spiro atoms. The number of piperidine rings is 1. The van der Waals surface area contributed by atoms with Crippen molar-refractivity contribution in [3.63, 3.8) is 0 Å². The van der Waals surface area contributed by atoms with Gasteiger partial charge in [-0.2, -0.15) is 0 Å². The zero-order valence-electron chi connectivity index (χ0n) is 8.44. The third-order valence-electron chi connectivity index (χ3n) is 2.44. The Balaban J connectivity index is 1.94. The van der Waals surface area contributed by atoms with Crippen LogP contribution in [-0.4, -0.2) is 35.4 Å². The van der Waals surface area contributed by atoms with Gasteiger partial charge < -0.3 is 10.6 Å². The quantitative estimate of drug-likeness (QED) is 0.703. The first-order chi connectivity index (χ1) is 7.38. The predicted molar refractivity (Wildman–Crippen MR) is 56.9 cm³/mol. The highest BCUT2D eigenvalue weighted by molar-refractivity contribution is 5.73. The summed E-state index contributed by atoms with van der Waals surface area (Å²) in [6.07, 6.45) is 6.10. The van der Waals surface area contributed by atoms with E-state index in [0.717, 1.165) is 25.8 Å². The number of hydrogen-bond donors (Lipinski definition) is 2. The van der Waals surface area contributed by atoms with Gasteiger partial charge in [-0.05, 0) is 19.4 Å². The van der Waals surface area contributed by atoms with E-state index >= 15 is 0 Å². The van der Waals surface area contributed by atoms with Crippen molar-refractivity contribution < 1.29 is 4.79 Å². The second-order valence-corrected chi connectivity index (χ2v) is 3.65. The van der Waals surface area contributed by atoms with Gasteiger partial charge >= 0.3 is 0 Å². The van der Waals surface area contributed by atoms with Gasteiger partial charge in [-0.15, -0.1) is 0 Å². The van der Waals surface area contributed by atoms with Crippen molar-refractivity contribution >= 4 is 12.2 Å². The third-order valence-corrected chi connectivity index (χ3v) is 2.44. The molecule has 0 aromatic carbocycles. The van der Waals surface area contributed by atoms with Gasteiger partial charge in [0.1, 0.15) is 0 Å². The number of nitrogens with one attached hydrogen (secondary N) is 2. The van der Waals surface area contributed by atoms with Gasteiger partial charge in [0.2, 0.25) is 5.95 Å². The molecule has 0 radical (unpaired) electrons. The monoisotopic (exact) mass is 206 g/mol. The van der Waals surface area contributed by atoms with E-state index < -0.39 is 0 Å². The molecule has 80 valence electrons. The molecule has 1 unspecified atom stereocenters.